The Balaban J connectivity index is 0.00000288. The van der Waals surface area contributed by atoms with Gasteiger partial charge in [-0.05, 0) is 68.4 Å². The van der Waals surface area contributed by atoms with Gasteiger partial charge in [0, 0.05) is 6.54 Å². The second kappa shape index (κ2) is 9.76. The number of nitrogens with one attached hydrogen (secondary N) is 1. The Labute approximate surface area is 153 Å². The van der Waals surface area contributed by atoms with Gasteiger partial charge in [0.2, 0.25) is 10.0 Å². The number of piperidine rings is 1. The molecule has 1 saturated heterocycles. The third-order valence-electron chi connectivity index (χ3n) is 4.68. The van der Waals surface area contributed by atoms with Gasteiger partial charge in [0.15, 0.2) is 0 Å². The summed E-state index contributed by atoms with van der Waals surface area (Å²) in [5.41, 5.74) is 1.16. The van der Waals surface area contributed by atoms with E-state index in [1.165, 1.54) is 12.8 Å². The monoisotopic (exact) mass is 374 g/mol. The van der Waals surface area contributed by atoms with Gasteiger partial charge in [0.25, 0.3) is 0 Å². The van der Waals surface area contributed by atoms with Crippen molar-refractivity contribution in [2.45, 2.75) is 50.8 Å². The smallest absolute Gasteiger partial charge is 0.240 e. The van der Waals surface area contributed by atoms with Gasteiger partial charge in [0.05, 0.1) is 4.90 Å². The molecule has 1 aliphatic rings. The Morgan fingerprint density at radius 3 is 2.29 bits per heavy atom. The zero-order chi connectivity index (χ0) is 16.9. The molecular weight excluding hydrogens is 344 g/mol. The second-order valence-corrected chi connectivity index (χ2v) is 8.77. The molecule has 1 aromatic carbocycles. The third-order valence-corrected chi connectivity index (χ3v) is 6.15. The summed E-state index contributed by atoms with van der Waals surface area (Å²) in [5, 5.41) is 0. The van der Waals surface area contributed by atoms with Crippen molar-refractivity contribution in [1.82, 2.24) is 9.62 Å². The van der Waals surface area contributed by atoms with Gasteiger partial charge in [-0.1, -0.05) is 32.9 Å². The highest BCUT2D eigenvalue weighted by molar-refractivity contribution is 7.89. The normalized spacial score (nSPS) is 17.0. The summed E-state index contributed by atoms with van der Waals surface area (Å²) in [6.45, 7) is 10.3. The summed E-state index contributed by atoms with van der Waals surface area (Å²) in [4.78, 5) is 2.79. The first-order chi connectivity index (χ1) is 10.9. The van der Waals surface area contributed by atoms with Crippen LogP contribution in [-0.2, 0) is 10.0 Å². The van der Waals surface area contributed by atoms with E-state index in [1.807, 2.05) is 12.1 Å². The van der Waals surface area contributed by atoms with Gasteiger partial charge < -0.3 is 4.90 Å². The zero-order valence-electron chi connectivity index (χ0n) is 15.0. The molecule has 1 fully saturated rings. The summed E-state index contributed by atoms with van der Waals surface area (Å²) < 4.78 is 27.3. The van der Waals surface area contributed by atoms with Crippen LogP contribution < -0.4 is 4.72 Å². The summed E-state index contributed by atoms with van der Waals surface area (Å²) in [5.74, 6) is 1.24. The standard InChI is InChI=1S/C18H30N2O2S.ClH/c1-15(2)17-5-7-18(8-6-17)23(21,22)19-11-4-12-20-13-9-16(3)10-14-20;/h5-8,15-16,19H,4,9-14H2,1-3H3;1H. The molecule has 6 heteroatoms. The minimum Gasteiger partial charge on any atom is -0.303 e. The van der Waals surface area contributed by atoms with Crippen molar-refractivity contribution in [1.29, 1.82) is 0 Å². The fourth-order valence-corrected chi connectivity index (χ4v) is 3.98. The second-order valence-electron chi connectivity index (χ2n) is 7.00. The van der Waals surface area contributed by atoms with Crippen molar-refractivity contribution in [3.05, 3.63) is 29.8 Å². The van der Waals surface area contributed by atoms with E-state index in [2.05, 4.69) is 30.4 Å². The first kappa shape index (κ1) is 21.4. The van der Waals surface area contributed by atoms with Gasteiger partial charge in [-0.2, -0.15) is 0 Å². The average Bonchev–Trinajstić information content (AvgIpc) is 2.53. The highest BCUT2D eigenvalue weighted by Crippen LogP contribution is 2.18. The largest absolute Gasteiger partial charge is 0.303 e. The number of hydrogen-bond donors (Lipinski definition) is 1. The van der Waals surface area contributed by atoms with Crippen molar-refractivity contribution < 1.29 is 8.42 Å². The Hall–Kier alpha value is -0.620. The molecular formula is C18H31ClN2O2S. The number of nitrogens with zero attached hydrogens (tertiary/aromatic N) is 1. The molecule has 1 heterocycles. The van der Waals surface area contributed by atoms with Crippen LogP contribution in [0.4, 0.5) is 0 Å². The lowest BCUT2D eigenvalue weighted by molar-refractivity contribution is 0.191. The molecule has 0 saturated carbocycles. The zero-order valence-corrected chi connectivity index (χ0v) is 16.6. The van der Waals surface area contributed by atoms with E-state index in [0.29, 0.717) is 17.4 Å². The van der Waals surface area contributed by atoms with Crippen LogP contribution in [0.5, 0.6) is 0 Å². The maximum atomic E-state index is 12.3. The summed E-state index contributed by atoms with van der Waals surface area (Å²) in [7, 11) is -3.38. The number of halogens is 1. The predicted octanol–water partition coefficient (Wildman–Crippen LogP) is 3.63. The Bertz CT molecular complexity index is 580. The van der Waals surface area contributed by atoms with Gasteiger partial charge in [-0.25, -0.2) is 13.1 Å². The molecule has 0 spiro atoms. The molecule has 0 amide bonds. The first-order valence-corrected chi connectivity index (χ1v) is 10.2. The van der Waals surface area contributed by atoms with Gasteiger partial charge >= 0.3 is 0 Å². The van der Waals surface area contributed by atoms with E-state index < -0.39 is 10.0 Å². The molecule has 0 unspecified atom stereocenters. The van der Waals surface area contributed by atoms with Gasteiger partial charge in [-0.15, -0.1) is 12.4 Å². The quantitative estimate of drug-likeness (QED) is 0.741. The van der Waals surface area contributed by atoms with E-state index in [-0.39, 0.29) is 12.4 Å². The first-order valence-electron chi connectivity index (χ1n) is 8.70. The molecule has 138 valence electrons. The van der Waals surface area contributed by atoms with Crippen LogP contribution >= 0.6 is 12.4 Å². The number of sulfonamides is 1. The van der Waals surface area contributed by atoms with Crippen LogP contribution in [0.3, 0.4) is 0 Å². The van der Waals surface area contributed by atoms with Crippen molar-refractivity contribution in [3.8, 4) is 0 Å². The molecule has 2 rings (SSSR count). The van der Waals surface area contributed by atoms with Crippen LogP contribution in [0.15, 0.2) is 29.2 Å². The van der Waals surface area contributed by atoms with Gasteiger partial charge in [-0.3, -0.25) is 0 Å². The van der Waals surface area contributed by atoms with E-state index >= 15 is 0 Å². The lowest BCUT2D eigenvalue weighted by Crippen LogP contribution is -2.35. The molecule has 1 aromatic rings. The van der Waals surface area contributed by atoms with E-state index in [9.17, 15) is 8.42 Å². The van der Waals surface area contributed by atoms with Crippen LogP contribution in [0, 0.1) is 5.92 Å². The van der Waals surface area contributed by atoms with E-state index in [4.69, 9.17) is 0 Å². The molecule has 1 N–H and O–H groups in total. The van der Waals surface area contributed by atoms with E-state index in [0.717, 1.165) is 37.5 Å². The van der Waals surface area contributed by atoms with Crippen molar-refractivity contribution in [2.24, 2.45) is 5.92 Å². The molecule has 0 atom stereocenters. The van der Waals surface area contributed by atoms with Gasteiger partial charge in [0.1, 0.15) is 0 Å². The van der Waals surface area contributed by atoms with E-state index in [1.54, 1.807) is 12.1 Å². The highest BCUT2D eigenvalue weighted by Gasteiger charge is 2.16. The van der Waals surface area contributed by atoms with Crippen LogP contribution in [0.2, 0.25) is 0 Å². The number of benzene rings is 1. The summed E-state index contributed by atoms with van der Waals surface area (Å²) in [6, 6.07) is 7.19. The molecule has 24 heavy (non-hydrogen) atoms. The average molecular weight is 375 g/mol. The molecule has 0 bridgehead atoms. The Morgan fingerprint density at radius 2 is 1.75 bits per heavy atom. The number of hydrogen-bond acceptors (Lipinski definition) is 3. The Kier molecular flexibility index (Phi) is 8.71. The molecule has 0 aromatic heterocycles. The minimum absolute atomic E-state index is 0. The van der Waals surface area contributed by atoms with Crippen LogP contribution in [-0.4, -0.2) is 39.5 Å². The molecule has 0 aliphatic carbocycles. The lowest BCUT2D eigenvalue weighted by Gasteiger charge is -2.30. The fourth-order valence-electron chi connectivity index (χ4n) is 2.91. The molecule has 1 aliphatic heterocycles. The van der Waals surface area contributed by atoms with Crippen molar-refractivity contribution in [2.75, 3.05) is 26.2 Å². The highest BCUT2D eigenvalue weighted by atomic mass is 35.5. The number of rotatable bonds is 7. The van der Waals surface area contributed by atoms with Crippen molar-refractivity contribution >= 4 is 22.4 Å². The van der Waals surface area contributed by atoms with Crippen LogP contribution in [0.25, 0.3) is 0 Å². The summed E-state index contributed by atoms with van der Waals surface area (Å²) >= 11 is 0. The maximum Gasteiger partial charge on any atom is 0.240 e. The SMILES string of the molecule is CC1CCN(CCCNS(=O)(=O)c2ccc(C(C)C)cc2)CC1.Cl. The molecule has 4 nitrogen and oxygen atoms in total. The Morgan fingerprint density at radius 1 is 1.17 bits per heavy atom. The lowest BCUT2D eigenvalue weighted by atomic mass is 9.99. The van der Waals surface area contributed by atoms with Crippen molar-refractivity contribution in [3.63, 3.8) is 0 Å². The third kappa shape index (κ3) is 6.36. The summed E-state index contributed by atoms with van der Waals surface area (Å²) in [6.07, 6.45) is 3.37. The van der Waals surface area contributed by atoms with Crippen LogP contribution in [0.1, 0.15) is 51.5 Å². The maximum absolute atomic E-state index is 12.3. The molecule has 0 radical (unpaired) electrons. The minimum atomic E-state index is -3.38. The number of likely N-dealkylation sites (tertiary alicyclic amines) is 1. The fraction of sp³-hybridized carbons (Fsp3) is 0.667. The predicted molar refractivity (Wildman–Crippen MR) is 102 cm³/mol. The topological polar surface area (TPSA) is 49.4 Å².